The monoisotopic (exact) mass is 273 g/mol. The maximum Gasteiger partial charge on any atom is 0.264 e. The number of anilines is 1. The zero-order valence-electron chi connectivity index (χ0n) is 12.0. The molecular weight excluding hydrogens is 254 g/mol. The third-order valence-corrected chi connectivity index (χ3v) is 3.29. The first-order valence-electron chi connectivity index (χ1n) is 6.72. The van der Waals surface area contributed by atoms with Crippen LogP contribution in [-0.4, -0.2) is 28.2 Å². The van der Waals surface area contributed by atoms with Crippen LogP contribution in [0.1, 0.15) is 19.4 Å². The van der Waals surface area contributed by atoms with E-state index in [4.69, 9.17) is 0 Å². The van der Waals surface area contributed by atoms with Gasteiger partial charge in [-0.1, -0.05) is 29.8 Å². The van der Waals surface area contributed by atoms with Crippen molar-refractivity contribution in [3.05, 3.63) is 40.2 Å². The minimum atomic E-state index is -0.330. The first kappa shape index (κ1) is 14.1. The number of H-pyrrole nitrogens is 1. The van der Waals surface area contributed by atoms with Crippen molar-refractivity contribution in [2.75, 3.05) is 18.0 Å². The molecule has 1 heterocycles. The predicted molar refractivity (Wildman–Crippen MR) is 80.3 cm³/mol. The normalized spacial score (nSPS) is 10.6. The van der Waals surface area contributed by atoms with Gasteiger partial charge in [-0.2, -0.15) is 4.98 Å². The lowest BCUT2D eigenvalue weighted by Gasteiger charge is -2.19. The first-order valence-corrected chi connectivity index (χ1v) is 6.72. The number of aromatic amines is 1. The van der Waals surface area contributed by atoms with Crippen LogP contribution in [0.25, 0.3) is 11.1 Å². The molecule has 106 valence electrons. The van der Waals surface area contributed by atoms with E-state index in [0.717, 1.165) is 5.56 Å². The zero-order chi connectivity index (χ0) is 14.7. The second kappa shape index (κ2) is 5.77. The minimum Gasteiger partial charge on any atom is -0.493 e. The number of hydrogen-bond acceptors (Lipinski definition) is 4. The topological polar surface area (TPSA) is 69.2 Å². The van der Waals surface area contributed by atoms with Gasteiger partial charge in [-0.05, 0) is 26.3 Å². The molecule has 2 N–H and O–H groups in total. The lowest BCUT2D eigenvalue weighted by Crippen LogP contribution is -2.27. The van der Waals surface area contributed by atoms with Crippen LogP contribution in [0.5, 0.6) is 5.88 Å². The fourth-order valence-electron chi connectivity index (χ4n) is 2.10. The van der Waals surface area contributed by atoms with Gasteiger partial charge in [0.25, 0.3) is 5.56 Å². The molecule has 0 saturated carbocycles. The quantitative estimate of drug-likeness (QED) is 0.896. The van der Waals surface area contributed by atoms with E-state index in [2.05, 4.69) is 9.97 Å². The maximum atomic E-state index is 12.2. The number of aromatic hydroxyl groups is 1. The Balaban J connectivity index is 2.51. The summed E-state index contributed by atoms with van der Waals surface area (Å²) in [7, 11) is 0. The van der Waals surface area contributed by atoms with Crippen LogP contribution < -0.4 is 10.5 Å². The van der Waals surface area contributed by atoms with Gasteiger partial charge >= 0.3 is 0 Å². The van der Waals surface area contributed by atoms with Crippen molar-refractivity contribution >= 4 is 5.95 Å². The van der Waals surface area contributed by atoms with Gasteiger partial charge < -0.3 is 10.0 Å². The molecule has 0 aliphatic rings. The van der Waals surface area contributed by atoms with Crippen LogP contribution in [0.3, 0.4) is 0 Å². The summed E-state index contributed by atoms with van der Waals surface area (Å²) in [6, 6.07) is 7.40. The molecule has 0 radical (unpaired) electrons. The van der Waals surface area contributed by atoms with E-state index < -0.39 is 0 Å². The van der Waals surface area contributed by atoms with Crippen molar-refractivity contribution < 1.29 is 5.11 Å². The predicted octanol–water partition coefficient (Wildman–Crippen LogP) is 2.30. The number of benzene rings is 1. The number of nitrogens with zero attached hydrogens (tertiary/aromatic N) is 2. The Morgan fingerprint density at radius 3 is 2.30 bits per heavy atom. The molecule has 5 heteroatoms. The molecule has 1 aromatic carbocycles. The van der Waals surface area contributed by atoms with Crippen LogP contribution in [0.4, 0.5) is 5.95 Å². The number of hydrogen-bond donors (Lipinski definition) is 2. The Labute approximate surface area is 117 Å². The van der Waals surface area contributed by atoms with E-state index in [0.29, 0.717) is 24.6 Å². The average Bonchev–Trinajstić information content (AvgIpc) is 2.41. The number of aromatic nitrogens is 2. The lowest BCUT2D eigenvalue weighted by atomic mass is 10.1. The Bertz CT molecular complexity index is 643. The summed E-state index contributed by atoms with van der Waals surface area (Å²) in [5.41, 5.74) is 1.63. The molecule has 0 aliphatic carbocycles. The molecule has 0 bridgehead atoms. The molecule has 0 atom stereocenters. The number of rotatable bonds is 4. The zero-order valence-corrected chi connectivity index (χ0v) is 12.0. The molecule has 0 unspecified atom stereocenters. The van der Waals surface area contributed by atoms with Crippen molar-refractivity contribution in [2.45, 2.75) is 20.8 Å². The van der Waals surface area contributed by atoms with Crippen molar-refractivity contribution in [3.63, 3.8) is 0 Å². The van der Waals surface area contributed by atoms with Gasteiger partial charge in [0.1, 0.15) is 5.56 Å². The Morgan fingerprint density at radius 1 is 1.20 bits per heavy atom. The number of aryl methyl sites for hydroxylation is 1. The van der Waals surface area contributed by atoms with Gasteiger partial charge in [-0.25, -0.2) is 0 Å². The maximum absolute atomic E-state index is 12.2. The standard InChI is InChI=1S/C15H19N3O2/c1-4-18(5-2)15-16-13(19)12(14(20)17-15)11-8-6-10(3)7-9-11/h6-9H,4-5H2,1-3H3,(H2,16,17,19,20). The fourth-order valence-corrected chi connectivity index (χ4v) is 2.10. The Hall–Kier alpha value is -2.30. The van der Waals surface area contributed by atoms with Gasteiger partial charge in [0.05, 0.1) is 0 Å². The summed E-state index contributed by atoms with van der Waals surface area (Å²) in [5, 5.41) is 10.1. The SMILES string of the molecule is CCN(CC)c1nc(O)c(-c2ccc(C)cc2)c(=O)[nH]1. The summed E-state index contributed by atoms with van der Waals surface area (Å²) in [4.78, 5) is 20.9. The third kappa shape index (κ3) is 2.66. The van der Waals surface area contributed by atoms with Crippen molar-refractivity contribution in [1.82, 2.24) is 9.97 Å². The average molecular weight is 273 g/mol. The summed E-state index contributed by atoms with van der Waals surface area (Å²) in [6.07, 6.45) is 0. The van der Waals surface area contributed by atoms with Gasteiger partial charge in [-0.15, -0.1) is 0 Å². The van der Waals surface area contributed by atoms with Crippen LogP contribution in [0.15, 0.2) is 29.1 Å². The van der Waals surface area contributed by atoms with E-state index in [1.165, 1.54) is 0 Å². The van der Waals surface area contributed by atoms with Gasteiger partial charge in [0.2, 0.25) is 11.8 Å². The molecule has 0 fully saturated rings. The largest absolute Gasteiger partial charge is 0.493 e. The Morgan fingerprint density at radius 2 is 1.80 bits per heavy atom. The van der Waals surface area contributed by atoms with Crippen molar-refractivity contribution in [3.8, 4) is 17.0 Å². The fraction of sp³-hybridized carbons (Fsp3) is 0.333. The Kier molecular flexibility index (Phi) is 4.08. The number of nitrogens with one attached hydrogen (secondary N) is 1. The van der Waals surface area contributed by atoms with Crippen LogP contribution in [0, 0.1) is 6.92 Å². The molecule has 20 heavy (non-hydrogen) atoms. The smallest absolute Gasteiger partial charge is 0.264 e. The third-order valence-electron chi connectivity index (χ3n) is 3.29. The second-order valence-electron chi connectivity index (χ2n) is 4.63. The molecular formula is C15H19N3O2. The van der Waals surface area contributed by atoms with Crippen molar-refractivity contribution in [1.29, 1.82) is 0 Å². The highest BCUT2D eigenvalue weighted by Crippen LogP contribution is 2.25. The first-order chi connectivity index (χ1) is 9.56. The highest BCUT2D eigenvalue weighted by atomic mass is 16.3. The van der Waals surface area contributed by atoms with Crippen molar-refractivity contribution in [2.24, 2.45) is 0 Å². The van der Waals surface area contributed by atoms with Crippen LogP contribution >= 0.6 is 0 Å². The van der Waals surface area contributed by atoms with E-state index in [9.17, 15) is 9.90 Å². The molecule has 0 saturated heterocycles. The summed E-state index contributed by atoms with van der Waals surface area (Å²) in [6.45, 7) is 7.32. The molecule has 1 aromatic heterocycles. The van der Waals surface area contributed by atoms with Crippen LogP contribution in [0.2, 0.25) is 0 Å². The van der Waals surface area contributed by atoms with E-state index in [-0.39, 0.29) is 17.0 Å². The summed E-state index contributed by atoms with van der Waals surface area (Å²) in [5.74, 6) is 0.160. The minimum absolute atomic E-state index is 0.209. The molecule has 5 nitrogen and oxygen atoms in total. The van der Waals surface area contributed by atoms with E-state index in [1.54, 1.807) is 12.1 Å². The highest BCUT2D eigenvalue weighted by molar-refractivity contribution is 5.68. The molecule has 0 aliphatic heterocycles. The molecule has 0 spiro atoms. The molecule has 2 aromatic rings. The van der Waals surface area contributed by atoms with Gasteiger partial charge in [0, 0.05) is 13.1 Å². The van der Waals surface area contributed by atoms with Gasteiger partial charge in [-0.3, -0.25) is 9.78 Å². The second-order valence-corrected chi connectivity index (χ2v) is 4.63. The van der Waals surface area contributed by atoms with Crippen LogP contribution in [-0.2, 0) is 0 Å². The van der Waals surface area contributed by atoms with Gasteiger partial charge in [0.15, 0.2) is 0 Å². The van der Waals surface area contributed by atoms with E-state index >= 15 is 0 Å². The molecule has 0 amide bonds. The highest BCUT2D eigenvalue weighted by Gasteiger charge is 2.15. The lowest BCUT2D eigenvalue weighted by molar-refractivity contribution is 0.453. The molecule has 2 rings (SSSR count). The summed E-state index contributed by atoms with van der Waals surface area (Å²) >= 11 is 0. The summed E-state index contributed by atoms with van der Waals surface area (Å²) < 4.78 is 0. The van der Waals surface area contributed by atoms with E-state index in [1.807, 2.05) is 37.8 Å².